The summed E-state index contributed by atoms with van der Waals surface area (Å²) in [5.41, 5.74) is 1.24. The molecule has 0 aliphatic carbocycles. The van der Waals surface area contributed by atoms with E-state index >= 15 is 0 Å². The first-order valence-corrected chi connectivity index (χ1v) is 6.19. The summed E-state index contributed by atoms with van der Waals surface area (Å²) in [6.07, 6.45) is 3.23. The number of pyridine rings is 1. The molecular formula is C13H18N2O3. The third-order valence-electron chi connectivity index (χ3n) is 3.33. The van der Waals surface area contributed by atoms with Crippen LogP contribution < -0.4 is 10.9 Å². The third kappa shape index (κ3) is 2.79. The Labute approximate surface area is 106 Å². The van der Waals surface area contributed by atoms with Crippen molar-refractivity contribution in [1.82, 2.24) is 4.98 Å². The van der Waals surface area contributed by atoms with Crippen molar-refractivity contribution < 1.29 is 9.53 Å². The minimum Gasteiger partial charge on any atom is -0.378 e. The smallest absolute Gasteiger partial charge is 0.248 e. The SMILES string of the molecule is Cc1cc(=O)[nH]cc1NC(=O)C1CCCOC1C. The normalized spacial score (nSPS) is 23.7. The highest BCUT2D eigenvalue weighted by atomic mass is 16.5. The summed E-state index contributed by atoms with van der Waals surface area (Å²) in [5, 5.41) is 2.85. The Morgan fingerprint density at radius 2 is 2.33 bits per heavy atom. The summed E-state index contributed by atoms with van der Waals surface area (Å²) in [6.45, 7) is 4.44. The highest BCUT2D eigenvalue weighted by Crippen LogP contribution is 2.22. The molecule has 2 heterocycles. The van der Waals surface area contributed by atoms with Crippen LogP contribution in [0, 0.1) is 12.8 Å². The van der Waals surface area contributed by atoms with Crippen molar-refractivity contribution in [1.29, 1.82) is 0 Å². The molecule has 1 amide bonds. The molecule has 5 nitrogen and oxygen atoms in total. The molecule has 5 heteroatoms. The number of anilines is 1. The maximum absolute atomic E-state index is 12.1. The highest BCUT2D eigenvalue weighted by Gasteiger charge is 2.28. The summed E-state index contributed by atoms with van der Waals surface area (Å²) in [6, 6.07) is 1.47. The van der Waals surface area contributed by atoms with Crippen molar-refractivity contribution in [3.8, 4) is 0 Å². The summed E-state index contributed by atoms with van der Waals surface area (Å²) in [4.78, 5) is 25.8. The van der Waals surface area contributed by atoms with Gasteiger partial charge >= 0.3 is 0 Å². The van der Waals surface area contributed by atoms with Crippen LogP contribution in [-0.2, 0) is 9.53 Å². The zero-order chi connectivity index (χ0) is 13.1. The van der Waals surface area contributed by atoms with Crippen molar-refractivity contribution in [2.45, 2.75) is 32.8 Å². The number of rotatable bonds is 2. The average Bonchev–Trinajstić information content (AvgIpc) is 2.33. The van der Waals surface area contributed by atoms with Gasteiger partial charge in [0, 0.05) is 18.9 Å². The molecule has 1 aromatic heterocycles. The number of hydrogen-bond donors (Lipinski definition) is 2. The molecular weight excluding hydrogens is 232 g/mol. The number of amides is 1. The fourth-order valence-electron chi connectivity index (χ4n) is 2.20. The van der Waals surface area contributed by atoms with Gasteiger partial charge in [-0.1, -0.05) is 0 Å². The molecule has 1 fully saturated rings. The number of carbonyl (C=O) groups is 1. The number of ether oxygens (including phenoxy) is 1. The largest absolute Gasteiger partial charge is 0.378 e. The molecule has 2 unspecified atom stereocenters. The summed E-state index contributed by atoms with van der Waals surface area (Å²) < 4.78 is 5.48. The molecule has 18 heavy (non-hydrogen) atoms. The molecule has 0 saturated carbocycles. The Bertz CT molecular complexity index is 495. The number of nitrogens with one attached hydrogen (secondary N) is 2. The number of hydrogen-bond acceptors (Lipinski definition) is 3. The van der Waals surface area contributed by atoms with Crippen LogP contribution in [0.1, 0.15) is 25.3 Å². The van der Waals surface area contributed by atoms with Gasteiger partial charge in [-0.05, 0) is 32.3 Å². The van der Waals surface area contributed by atoms with E-state index in [-0.39, 0.29) is 23.5 Å². The molecule has 98 valence electrons. The molecule has 0 bridgehead atoms. The van der Waals surface area contributed by atoms with E-state index in [0.717, 1.165) is 25.0 Å². The van der Waals surface area contributed by atoms with E-state index in [1.165, 1.54) is 12.3 Å². The van der Waals surface area contributed by atoms with E-state index < -0.39 is 0 Å². The van der Waals surface area contributed by atoms with E-state index in [9.17, 15) is 9.59 Å². The van der Waals surface area contributed by atoms with Gasteiger partial charge in [-0.25, -0.2) is 0 Å². The van der Waals surface area contributed by atoms with Gasteiger partial charge in [0.05, 0.1) is 17.7 Å². The maximum atomic E-state index is 12.1. The number of carbonyl (C=O) groups excluding carboxylic acids is 1. The third-order valence-corrected chi connectivity index (χ3v) is 3.33. The van der Waals surface area contributed by atoms with Crippen molar-refractivity contribution in [3.05, 3.63) is 28.2 Å². The van der Waals surface area contributed by atoms with E-state index in [4.69, 9.17) is 4.74 Å². The van der Waals surface area contributed by atoms with Crippen molar-refractivity contribution in [2.75, 3.05) is 11.9 Å². The summed E-state index contributed by atoms with van der Waals surface area (Å²) in [5.74, 6) is -0.164. The molecule has 1 saturated heterocycles. The lowest BCUT2D eigenvalue weighted by molar-refractivity contribution is -0.127. The Balaban J connectivity index is 2.08. The van der Waals surface area contributed by atoms with Crippen LogP contribution in [-0.4, -0.2) is 23.6 Å². The van der Waals surface area contributed by atoms with Crippen LogP contribution in [0.3, 0.4) is 0 Å². The summed E-state index contributed by atoms with van der Waals surface area (Å²) in [7, 11) is 0. The lowest BCUT2D eigenvalue weighted by Gasteiger charge is -2.28. The van der Waals surface area contributed by atoms with Crippen LogP contribution in [0.15, 0.2) is 17.1 Å². The second kappa shape index (κ2) is 5.35. The maximum Gasteiger partial charge on any atom is 0.248 e. The molecule has 0 radical (unpaired) electrons. The predicted molar refractivity (Wildman–Crippen MR) is 68.6 cm³/mol. The van der Waals surface area contributed by atoms with Crippen LogP contribution in [0.2, 0.25) is 0 Å². The quantitative estimate of drug-likeness (QED) is 0.834. The highest BCUT2D eigenvalue weighted by molar-refractivity contribution is 5.93. The van der Waals surface area contributed by atoms with E-state index in [1.54, 1.807) is 6.92 Å². The van der Waals surface area contributed by atoms with Gasteiger partial charge in [0.25, 0.3) is 0 Å². The van der Waals surface area contributed by atoms with Crippen LogP contribution in [0.4, 0.5) is 5.69 Å². The molecule has 1 aliphatic heterocycles. The van der Waals surface area contributed by atoms with E-state index in [0.29, 0.717) is 5.69 Å². The van der Waals surface area contributed by atoms with Crippen molar-refractivity contribution in [3.63, 3.8) is 0 Å². The molecule has 0 aromatic carbocycles. The second-order valence-corrected chi connectivity index (χ2v) is 4.71. The number of H-pyrrole nitrogens is 1. The molecule has 2 N–H and O–H groups in total. The first-order chi connectivity index (χ1) is 8.58. The van der Waals surface area contributed by atoms with Gasteiger partial charge in [0.15, 0.2) is 0 Å². The lowest BCUT2D eigenvalue weighted by Crippen LogP contribution is -2.36. The zero-order valence-corrected chi connectivity index (χ0v) is 10.7. The molecule has 1 aliphatic rings. The molecule has 1 aromatic rings. The molecule has 2 rings (SSSR count). The minimum absolute atomic E-state index is 0.0441. The second-order valence-electron chi connectivity index (χ2n) is 4.71. The number of aromatic nitrogens is 1. The lowest BCUT2D eigenvalue weighted by atomic mass is 9.94. The first kappa shape index (κ1) is 12.8. The van der Waals surface area contributed by atoms with Crippen LogP contribution in [0.25, 0.3) is 0 Å². The zero-order valence-electron chi connectivity index (χ0n) is 10.7. The average molecular weight is 250 g/mol. The standard InChI is InChI=1S/C13H18N2O3/c1-8-6-12(16)14-7-11(8)15-13(17)10-4-3-5-18-9(10)2/h6-7,9-10H,3-5H2,1-2H3,(H,14,16)(H,15,17). The van der Waals surface area contributed by atoms with Gasteiger partial charge in [0.1, 0.15) is 0 Å². The van der Waals surface area contributed by atoms with Crippen molar-refractivity contribution >= 4 is 11.6 Å². The monoisotopic (exact) mass is 250 g/mol. The predicted octanol–water partition coefficient (Wildman–Crippen LogP) is 1.44. The fraction of sp³-hybridized carbons (Fsp3) is 0.538. The van der Waals surface area contributed by atoms with Gasteiger partial charge in [0.2, 0.25) is 11.5 Å². The van der Waals surface area contributed by atoms with Crippen LogP contribution in [0.5, 0.6) is 0 Å². The van der Waals surface area contributed by atoms with E-state index in [1.807, 2.05) is 6.92 Å². The van der Waals surface area contributed by atoms with Gasteiger partial charge in [-0.2, -0.15) is 0 Å². The number of aromatic amines is 1. The Hall–Kier alpha value is -1.62. The Kier molecular flexibility index (Phi) is 3.81. The van der Waals surface area contributed by atoms with Gasteiger partial charge in [-0.3, -0.25) is 9.59 Å². The minimum atomic E-state index is -0.167. The first-order valence-electron chi connectivity index (χ1n) is 6.19. The van der Waals surface area contributed by atoms with Gasteiger partial charge < -0.3 is 15.0 Å². The van der Waals surface area contributed by atoms with Crippen molar-refractivity contribution in [2.24, 2.45) is 5.92 Å². The Morgan fingerprint density at radius 3 is 3.00 bits per heavy atom. The topological polar surface area (TPSA) is 71.2 Å². The molecule has 2 atom stereocenters. The summed E-state index contributed by atoms with van der Waals surface area (Å²) >= 11 is 0. The Morgan fingerprint density at radius 1 is 1.56 bits per heavy atom. The fourth-order valence-corrected chi connectivity index (χ4v) is 2.20. The number of aryl methyl sites for hydroxylation is 1. The van der Waals surface area contributed by atoms with Gasteiger partial charge in [-0.15, -0.1) is 0 Å². The molecule has 0 spiro atoms. The van der Waals surface area contributed by atoms with E-state index in [2.05, 4.69) is 10.3 Å². The van der Waals surface area contributed by atoms with Crippen LogP contribution >= 0.6 is 0 Å².